The van der Waals surface area contributed by atoms with Crippen LogP contribution in [0.3, 0.4) is 0 Å². The number of ether oxygens (including phenoxy) is 1. The molecule has 2 atom stereocenters. The molecule has 11 nitrogen and oxygen atoms in total. The number of nitrogens with one attached hydrogen (secondary N) is 2. The van der Waals surface area contributed by atoms with Crippen molar-refractivity contribution in [3.05, 3.63) is 45.8 Å². The van der Waals surface area contributed by atoms with Crippen LogP contribution in [-0.2, 0) is 24.6 Å². The summed E-state index contributed by atoms with van der Waals surface area (Å²) >= 11 is 2.41. The van der Waals surface area contributed by atoms with Gasteiger partial charge in [0.15, 0.2) is 5.13 Å². The molecule has 16 heteroatoms. The van der Waals surface area contributed by atoms with Gasteiger partial charge in [0.05, 0.1) is 4.88 Å². The lowest BCUT2D eigenvalue weighted by Crippen LogP contribution is -2.57. The van der Waals surface area contributed by atoms with Crippen molar-refractivity contribution in [2.75, 3.05) is 25.1 Å². The first-order valence-corrected chi connectivity index (χ1v) is 17.7. The standard InChI is InChI=1S/C29H35F2N4O7PS2/c1-28(2,3)23(33-25(37)21-14-17-13-18(6-7-20(17)44-21)29(30,31)43(39,40)41)26(38)35-10-4-5-19(35)24(36)34-27-32-15-22(45-27)16-8-11-42-12-9-16/h6-7,13-16,19,23H,4-5,8-12H2,1-3H3,(H,33,37)(H,32,34,36)(H2,39,40,41)/t19-,23?/m0/s1. The molecular formula is C29H35F2N4O7PS2. The highest BCUT2D eigenvalue weighted by molar-refractivity contribution is 7.52. The maximum Gasteiger partial charge on any atom is 0.399 e. The minimum Gasteiger partial charge on any atom is -0.381 e. The fraction of sp³-hybridized carbons (Fsp3) is 0.517. The van der Waals surface area contributed by atoms with Crippen molar-refractivity contribution in [2.24, 2.45) is 5.41 Å². The van der Waals surface area contributed by atoms with Gasteiger partial charge in [-0.05, 0) is 60.6 Å². The predicted octanol–water partition coefficient (Wildman–Crippen LogP) is 5.25. The van der Waals surface area contributed by atoms with Crippen LogP contribution in [-0.4, -0.2) is 69.2 Å². The maximum atomic E-state index is 14.3. The molecule has 3 amide bonds. The molecule has 0 spiro atoms. The summed E-state index contributed by atoms with van der Waals surface area (Å²) < 4.78 is 45.7. The van der Waals surface area contributed by atoms with Crippen molar-refractivity contribution in [1.82, 2.24) is 15.2 Å². The number of carbonyl (C=O) groups is 3. The highest BCUT2D eigenvalue weighted by Gasteiger charge is 2.50. The van der Waals surface area contributed by atoms with Gasteiger partial charge in [-0.15, -0.1) is 22.7 Å². The number of fused-ring (bicyclic) bond motifs is 1. The van der Waals surface area contributed by atoms with E-state index in [2.05, 4.69) is 15.6 Å². The Morgan fingerprint density at radius 1 is 1.11 bits per heavy atom. The average molecular weight is 685 g/mol. The number of halogens is 2. The van der Waals surface area contributed by atoms with Crippen molar-refractivity contribution in [3.8, 4) is 0 Å². The molecule has 0 saturated carbocycles. The Kier molecular flexibility index (Phi) is 9.52. The second-order valence-electron chi connectivity index (χ2n) is 12.4. The number of aromatic nitrogens is 1. The van der Waals surface area contributed by atoms with Gasteiger partial charge in [0.1, 0.15) is 12.1 Å². The molecule has 2 aromatic heterocycles. The minimum atomic E-state index is -5.76. The molecule has 1 aromatic carbocycles. The molecule has 4 heterocycles. The lowest BCUT2D eigenvalue weighted by atomic mass is 9.85. The quantitative estimate of drug-likeness (QED) is 0.234. The van der Waals surface area contributed by atoms with Crippen molar-refractivity contribution in [3.63, 3.8) is 0 Å². The van der Waals surface area contributed by atoms with Gasteiger partial charge in [-0.1, -0.05) is 26.8 Å². The van der Waals surface area contributed by atoms with E-state index in [9.17, 15) is 27.7 Å². The molecule has 5 rings (SSSR count). The van der Waals surface area contributed by atoms with Crippen molar-refractivity contribution in [1.29, 1.82) is 0 Å². The summed E-state index contributed by atoms with van der Waals surface area (Å²) in [6.45, 7) is 7.08. The second kappa shape index (κ2) is 12.8. The number of anilines is 1. The minimum absolute atomic E-state index is 0.128. The molecule has 3 aromatic rings. The van der Waals surface area contributed by atoms with E-state index in [-0.39, 0.29) is 16.2 Å². The van der Waals surface area contributed by atoms with Gasteiger partial charge in [0, 0.05) is 41.1 Å². The smallest absolute Gasteiger partial charge is 0.381 e. The van der Waals surface area contributed by atoms with Crippen molar-refractivity contribution < 1.29 is 42.3 Å². The number of thiophene rings is 1. The van der Waals surface area contributed by atoms with Gasteiger partial charge < -0.3 is 30.1 Å². The van der Waals surface area contributed by atoms with E-state index in [0.29, 0.717) is 48.3 Å². The Bertz CT molecular complexity index is 1640. The molecule has 2 aliphatic rings. The highest BCUT2D eigenvalue weighted by atomic mass is 32.1. The zero-order valence-corrected chi connectivity index (χ0v) is 27.4. The van der Waals surface area contributed by atoms with E-state index >= 15 is 0 Å². The molecule has 2 fully saturated rings. The van der Waals surface area contributed by atoms with Crippen molar-refractivity contribution in [2.45, 2.75) is 70.1 Å². The Hall–Kier alpha value is -2.81. The van der Waals surface area contributed by atoms with Gasteiger partial charge in [-0.3, -0.25) is 18.9 Å². The average Bonchev–Trinajstić information content (AvgIpc) is 3.74. The Morgan fingerprint density at radius 3 is 2.49 bits per heavy atom. The van der Waals surface area contributed by atoms with Crippen LogP contribution in [0.2, 0.25) is 0 Å². The molecule has 1 unspecified atom stereocenters. The Balaban J connectivity index is 1.30. The first-order chi connectivity index (χ1) is 21.1. The number of likely N-dealkylation sites (tertiary alicyclic amines) is 1. The number of alkyl halides is 2. The van der Waals surface area contributed by atoms with Gasteiger partial charge in [-0.2, -0.15) is 8.78 Å². The SMILES string of the molecule is CC(C)(C)C(NC(=O)c1cc2cc(C(F)(F)P(=O)(O)O)ccc2s1)C(=O)N1CCC[C@H]1C(=O)Nc1ncc(C2CCOCC2)s1. The molecule has 0 bridgehead atoms. The molecule has 2 aliphatic heterocycles. The van der Waals surface area contributed by atoms with Crippen LogP contribution in [0, 0.1) is 5.41 Å². The van der Waals surface area contributed by atoms with Crippen LogP contribution >= 0.6 is 30.3 Å². The first kappa shape index (κ1) is 33.6. The van der Waals surface area contributed by atoms with Gasteiger partial charge in [0.2, 0.25) is 11.8 Å². The zero-order valence-electron chi connectivity index (χ0n) is 24.9. The zero-order chi connectivity index (χ0) is 32.7. The third kappa shape index (κ3) is 7.13. The monoisotopic (exact) mass is 684 g/mol. The molecular weight excluding hydrogens is 649 g/mol. The summed E-state index contributed by atoms with van der Waals surface area (Å²) in [6.07, 6.45) is 4.64. The largest absolute Gasteiger partial charge is 0.399 e. The van der Waals surface area contributed by atoms with E-state index in [0.717, 1.165) is 41.2 Å². The van der Waals surface area contributed by atoms with Crippen molar-refractivity contribution >= 4 is 63.2 Å². The van der Waals surface area contributed by atoms with E-state index in [4.69, 9.17) is 14.5 Å². The van der Waals surface area contributed by atoms with Crippen LogP contribution < -0.4 is 10.6 Å². The molecule has 45 heavy (non-hydrogen) atoms. The number of amides is 3. The predicted molar refractivity (Wildman–Crippen MR) is 167 cm³/mol. The summed E-state index contributed by atoms with van der Waals surface area (Å²) in [5.41, 5.74) is -6.01. The Labute approximate surface area is 266 Å². The lowest BCUT2D eigenvalue weighted by molar-refractivity contribution is -0.140. The molecule has 2 saturated heterocycles. The molecule has 0 radical (unpaired) electrons. The summed E-state index contributed by atoms with van der Waals surface area (Å²) in [6, 6.07) is 2.71. The number of rotatable bonds is 8. The topological polar surface area (TPSA) is 158 Å². The van der Waals surface area contributed by atoms with Crippen LogP contribution in [0.1, 0.15) is 72.5 Å². The highest BCUT2D eigenvalue weighted by Crippen LogP contribution is 2.59. The van der Waals surface area contributed by atoms with E-state index in [1.807, 2.05) is 0 Å². The van der Waals surface area contributed by atoms with Gasteiger partial charge in [-0.25, -0.2) is 4.98 Å². The number of carbonyl (C=O) groups excluding carboxylic acids is 3. The molecule has 4 N–H and O–H groups in total. The van der Waals surface area contributed by atoms with Gasteiger partial charge in [0.25, 0.3) is 5.91 Å². The van der Waals surface area contributed by atoms with Crippen LogP contribution in [0.25, 0.3) is 10.1 Å². The number of thiazole rings is 1. The Morgan fingerprint density at radius 2 is 1.82 bits per heavy atom. The third-order valence-corrected chi connectivity index (χ3v) is 11.2. The normalized spacial score (nSPS) is 19.1. The third-order valence-electron chi connectivity index (χ3n) is 8.06. The number of nitrogens with zero attached hydrogens (tertiary/aromatic N) is 2. The van der Waals surface area contributed by atoms with E-state index in [1.54, 1.807) is 27.0 Å². The number of benzene rings is 1. The molecule has 0 aliphatic carbocycles. The van der Waals surface area contributed by atoms with Gasteiger partial charge >= 0.3 is 13.3 Å². The maximum absolute atomic E-state index is 14.3. The molecule has 244 valence electrons. The summed E-state index contributed by atoms with van der Waals surface area (Å²) in [5, 5.41) is 6.32. The number of hydrogen-bond acceptors (Lipinski definition) is 8. The second-order valence-corrected chi connectivity index (χ2v) is 16.2. The fourth-order valence-corrected chi connectivity index (χ4v) is 7.94. The summed E-state index contributed by atoms with van der Waals surface area (Å²) in [7, 11) is -5.76. The van der Waals surface area contributed by atoms with Crippen LogP contribution in [0.5, 0.6) is 0 Å². The first-order valence-electron chi connectivity index (χ1n) is 14.5. The summed E-state index contributed by atoms with van der Waals surface area (Å²) in [4.78, 5) is 65.9. The van der Waals surface area contributed by atoms with Crippen LogP contribution in [0.15, 0.2) is 30.5 Å². The van der Waals surface area contributed by atoms with E-state index < -0.39 is 48.1 Å². The van der Waals surface area contributed by atoms with Crippen LogP contribution in [0.4, 0.5) is 13.9 Å². The number of hydrogen-bond donors (Lipinski definition) is 4. The lowest BCUT2D eigenvalue weighted by Gasteiger charge is -2.35. The fourth-order valence-electron chi connectivity index (χ4n) is 5.53. The van der Waals surface area contributed by atoms with E-state index in [1.165, 1.54) is 28.4 Å². The summed E-state index contributed by atoms with van der Waals surface area (Å²) in [5.74, 6) is -1.04.